The first-order chi connectivity index (χ1) is 7.55. The summed E-state index contributed by atoms with van der Waals surface area (Å²) in [5.74, 6) is 0. The van der Waals surface area contributed by atoms with Crippen molar-refractivity contribution in [2.75, 3.05) is 32.8 Å². The van der Waals surface area contributed by atoms with Gasteiger partial charge in [-0.15, -0.1) is 0 Å². The fourth-order valence-corrected chi connectivity index (χ4v) is 1.00. The topological polar surface area (TPSA) is 55.7 Å². The van der Waals surface area contributed by atoms with Gasteiger partial charge in [-0.25, -0.2) is 0 Å². The molecule has 0 saturated carbocycles. The molecule has 1 unspecified atom stereocenters. The van der Waals surface area contributed by atoms with E-state index in [0.717, 1.165) is 26.2 Å². The molecule has 0 aromatic rings. The van der Waals surface area contributed by atoms with Crippen molar-refractivity contribution in [3.63, 3.8) is 0 Å². The molecule has 0 aliphatic carbocycles. The molecule has 0 saturated heterocycles. The van der Waals surface area contributed by atoms with Gasteiger partial charge < -0.3 is 15.5 Å². The van der Waals surface area contributed by atoms with Crippen LogP contribution in [0.15, 0.2) is 0 Å². The minimum absolute atomic E-state index is 0.250. The Labute approximate surface area is 102 Å². The summed E-state index contributed by atoms with van der Waals surface area (Å²) < 4.78 is 0. The summed E-state index contributed by atoms with van der Waals surface area (Å²) in [7, 11) is 0. The summed E-state index contributed by atoms with van der Waals surface area (Å²) in [6.07, 6.45) is -0.287. The van der Waals surface area contributed by atoms with Crippen molar-refractivity contribution in [1.29, 1.82) is 0 Å². The number of nitrogens with zero attached hydrogens (tertiary/aromatic N) is 1. The summed E-state index contributed by atoms with van der Waals surface area (Å²) in [5.41, 5.74) is 0. The fourth-order valence-electron chi connectivity index (χ4n) is 1.00. The van der Waals surface area contributed by atoms with E-state index >= 15 is 0 Å². The standard InChI is InChI=1S/C6H15NO.C4H11N.C2H6O/c1-4-7(5-2)6(3)8;1-3-5-4-2;1-2-3/h6,8H,4-5H2,1-3H3;5H,3-4H2,1-2H3;3H,2H2,1H3. The van der Waals surface area contributed by atoms with Gasteiger partial charge in [-0.1, -0.05) is 27.7 Å². The Morgan fingerprint density at radius 2 is 1.31 bits per heavy atom. The number of nitrogens with one attached hydrogen (secondary N) is 1. The quantitative estimate of drug-likeness (QED) is 0.630. The average molecular weight is 236 g/mol. The highest BCUT2D eigenvalue weighted by atomic mass is 16.3. The van der Waals surface area contributed by atoms with E-state index in [2.05, 4.69) is 19.2 Å². The summed E-state index contributed by atoms with van der Waals surface area (Å²) in [6.45, 7) is 16.0. The van der Waals surface area contributed by atoms with Crippen molar-refractivity contribution < 1.29 is 10.2 Å². The first-order valence-electron chi connectivity index (χ1n) is 6.29. The maximum Gasteiger partial charge on any atom is 0.104 e. The van der Waals surface area contributed by atoms with E-state index in [1.54, 1.807) is 13.8 Å². The van der Waals surface area contributed by atoms with Gasteiger partial charge in [0.15, 0.2) is 0 Å². The van der Waals surface area contributed by atoms with Gasteiger partial charge in [0.25, 0.3) is 0 Å². The van der Waals surface area contributed by atoms with Gasteiger partial charge in [0.05, 0.1) is 0 Å². The van der Waals surface area contributed by atoms with Crippen molar-refractivity contribution in [1.82, 2.24) is 10.2 Å². The van der Waals surface area contributed by atoms with Crippen molar-refractivity contribution >= 4 is 0 Å². The third-order valence-corrected chi connectivity index (χ3v) is 1.84. The number of hydrogen-bond donors (Lipinski definition) is 3. The lowest BCUT2D eigenvalue weighted by molar-refractivity contribution is 0.0265. The second-order valence-electron chi connectivity index (χ2n) is 3.13. The van der Waals surface area contributed by atoms with E-state index < -0.39 is 0 Å². The molecule has 0 fully saturated rings. The first kappa shape index (κ1) is 21.2. The molecule has 4 heteroatoms. The van der Waals surface area contributed by atoms with Gasteiger partial charge in [-0.3, -0.25) is 4.90 Å². The van der Waals surface area contributed by atoms with Crippen LogP contribution in [0.4, 0.5) is 0 Å². The van der Waals surface area contributed by atoms with Crippen molar-refractivity contribution in [3.8, 4) is 0 Å². The largest absolute Gasteiger partial charge is 0.397 e. The lowest BCUT2D eigenvalue weighted by Gasteiger charge is -2.20. The highest BCUT2D eigenvalue weighted by Crippen LogP contribution is 1.91. The summed E-state index contributed by atoms with van der Waals surface area (Å²) in [6, 6.07) is 0. The maximum absolute atomic E-state index is 8.94. The lowest BCUT2D eigenvalue weighted by Crippen LogP contribution is -2.32. The predicted octanol–water partition coefficient (Wildman–Crippen LogP) is 1.28. The van der Waals surface area contributed by atoms with Gasteiger partial charge in [-0.05, 0) is 40.0 Å². The van der Waals surface area contributed by atoms with Crippen molar-refractivity contribution in [3.05, 3.63) is 0 Å². The highest BCUT2D eigenvalue weighted by Gasteiger charge is 2.02. The van der Waals surface area contributed by atoms with Crippen molar-refractivity contribution in [2.45, 2.75) is 47.8 Å². The normalized spacial score (nSPS) is 11.1. The van der Waals surface area contributed by atoms with E-state index in [-0.39, 0.29) is 12.8 Å². The van der Waals surface area contributed by atoms with E-state index in [0.29, 0.717) is 0 Å². The van der Waals surface area contributed by atoms with E-state index in [1.165, 1.54) is 0 Å². The Hall–Kier alpha value is -0.160. The Balaban J connectivity index is -0.000000181. The molecule has 0 rings (SSSR count). The van der Waals surface area contributed by atoms with Crippen LogP contribution in [-0.2, 0) is 0 Å². The van der Waals surface area contributed by atoms with Gasteiger partial charge in [0, 0.05) is 6.61 Å². The van der Waals surface area contributed by atoms with Crippen LogP contribution >= 0.6 is 0 Å². The lowest BCUT2D eigenvalue weighted by atomic mass is 10.5. The minimum Gasteiger partial charge on any atom is -0.397 e. The zero-order valence-corrected chi connectivity index (χ0v) is 12.0. The van der Waals surface area contributed by atoms with Crippen molar-refractivity contribution in [2.24, 2.45) is 0 Å². The molecule has 0 aromatic carbocycles. The Morgan fingerprint density at radius 1 is 1.00 bits per heavy atom. The summed E-state index contributed by atoms with van der Waals surface area (Å²) in [5, 5.41) is 19.6. The molecule has 4 nitrogen and oxygen atoms in total. The van der Waals surface area contributed by atoms with Gasteiger partial charge in [0.1, 0.15) is 6.23 Å². The van der Waals surface area contributed by atoms with Crippen LogP contribution in [0.2, 0.25) is 0 Å². The van der Waals surface area contributed by atoms with Gasteiger partial charge in [-0.2, -0.15) is 0 Å². The Bertz CT molecular complexity index is 95.0. The Morgan fingerprint density at radius 3 is 1.31 bits per heavy atom. The molecule has 0 bridgehead atoms. The molecule has 0 spiro atoms. The number of hydrogen-bond acceptors (Lipinski definition) is 4. The molecule has 16 heavy (non-hydrogen) atoms. The molecule has 0 heterocycles. The van der Waals surface area contributed by atoms with E-state index in [9.17, 15) is 0 Å². The van der Waals surface area contributed by atoms with Crippen LogP contribution in [0.1, 0.15) is 41.5 Å². The average Bonchev–Trinajstić information content (AvgIpc) is 2.22. The van der Waals surface area contributed by atoms with Crippen LogP contribution < -0.4 is 5.32 Å². The number of aliphatic hydroxyl groups is 2. The molecule has 1 atom stereocenters. The third-order valence-electron chi connectivity index (χ3n) is 1.84. The minimum atomic E-state index is -0.287. The molecule has 0 aliphatic heterocycles. The van der Waals surface area contributed by atoms with Gasteiger partial charge in [0.2, 0.25) is 0 Å². The molecular formula is C12H32N2O2. The molecule has 0 aromatic heterocycles. The molecule has 0 radical (unpaired) electrons. The zero-order valence-electron chi connectivity index (χ0n) is 12.0. The second-order valence-corrected chi connectivity index (χ2v) is 3.13. The SMILES string of the molecule is CCN(CC)C(C)O.CCNCC.CCO. The smallest absolute Gasteiger partial charge is 0.104 e. The molecular weight excluding hydrogens is 204 g/mol. The number of aliphatic hydroxyl groups excluding tert-OH is 2. The fraction of sp³-hybridized carbons (Fsp3) is 1.00. The molecule has 102 valence electrons. The molecule has 3 N–H and O–H groups in total. The van der Waals surface area contributed by atoms with Crippen LogP contribution in [-0.4, -0.2) is 54.1 Å². The highest BCUT2D eigenvalue weighted by molar-refractivity contribution is 4.49. The first-order valence-corrected chi connectivity index (χ1v) is 6.29. The summed E-state index contributed by atoms with van der Waals surface area (Å²) in [4.78, 5) is 1.97. The van der Waals surface area contributed by atoms with E-state index in [4.69, 9.17) is 10.2 Å². The molecule has 0 aliphatic rings. The monoisotopic (exact) mass is 236 g/mol. The van der Waals surface area contributed by atoms with Crippen LogP contribution in [0.5, 0.6) is 0 Å². The van der Waals surface area contributed by atoms with Crippen LogP contribution in [0, 0.1) is 0 Å². The third kappa shape index (κ3) is 23.6. The zero-order chi connectivity index (χ0) is 13.4. The van der Waals surface area contributed by atoms with Crippen LogP contribution in [0.3, 0.4) is 0 Å². The predicted molar refractivity (Wildman–Crippen MR) is 71.6 cm³/mol. The summed E-state index contributed by atoms with van der Waals surface area (Å²) >= 11 is 0. The van der Waals surface area contributed by atoms with Gasteiger partial charge >= 0.3 is 0 Å². The van der Waals surface area contributed by atoms with E-state index in [1.807, 2.05) is 18.7 Å². The van der Waals surface area contributed by atoms with Crippen LogP contribution in [0.25, 0.3) is 0 Å². The number of rotatable bonds is 5. The molecule has 0 amide bonds. The maximum atomic E-state index is 8.94. The second kappa shape index (κ2) is 20.3. The Kier molecular flexibility index (Phi) is 26.8.